The zero-order valence-corrected chi connectivity index (χ0v) is 18.6. The van der Waals surface area contributed by atoms with E-state index < -0.39 is 0 Å². The maximum absolute atomic E-state index is 13.6. The van der Waals surface area contributed by atoms with Crippen LogP contribution in [0.25, 0.3) is 11.1 Å². The fourth-order valence-corrected chi connectivity index (χ4v) is 3.56. The maximum Gasteiger partial charge on any atom is 0.273 e. The van der Waals surface area contributed by atoms with Crippen LogP contribution in [0.4, 0.5) is 0 Å². The molecule has 0 N–H and O–H groups in total. The lowest BCUT2D eigenvalue weighted by Crippen LogP contribution is -2.31. The van der Waals surface area contributed by atoms with Gasteiger partial charge >= 0.3 is 0 Å². The molecule has 3 heterocycles. The Labute approximate surface area is 188 Å². The van der Waals surface area contributed by atoms with Crippen molar-refractivity contribution in [2.45, 2.75) is 39.9 Å². The topological polar surface area (TPSA) is 63.9 Å². The molecule has 4 aromatic rings. The number of carbonyl (C=O) groups is 1. The molecule has 0 spiro atoms. The second-order valence-corrected chi connectivity index (χ2v) is 8.16. The molecule has 0 fully saturated rings. The van der Waals surface area contributed by atoms with Gasteiger partial charge in [0.1, 0.15) is 5.69 Å². The summed E-state index contributed by atoms with van der Waals surface area (Å²) in [6.07, 6.45) is 7.36. The maximum atomic E-state index is 13.6. The highest BCUT2D eigenvalue weighted by Crippen LogP contribution is 2.25. The van der Waals surface area contributed by atoms with Gasteiger partial charge in [0.25, 0.3) is 5.91 Å². The first-order valence-corrected chi connectivity index (χ1v) is 10.8. The Morgan fingerprint density at radius 3 is 2.47 bits per heavy atom. The summed E-state index contributed by atoms with van der Waals surface area (Å²) in [7, 11) is 0. The van der Waals surface area contributed by atoms with Crippen LogP contribution in [0.2, 0.25) is 0 Å². The molecule has 0 aliphatic carbocycles. The normalized spacial score (nSPS) is 11.0. The van der Waals surface area contributed by atoms with E-state index in [1.54, 1.807) is 17.3 Å². The molecule has 0 saturated carbocycles. The predicted molar refractivity (Wildman–Crippen MR) is 125 cm³/mol. The van der Waals surface area contributed by atoms with Crippen LogP contribution in [0, 0.1) is 6.92 Å². The van der Waals surface area contributed by atoms with Crippen molar-refractivity contribution in [3.8, 4) is 11.1 Å². The number of aryl methyl sites for hydroxylation is 1. The summed E-state index contributed by atoms with van der Waals surface area (Å²) < 4.78 is 1.92. The Bertz CT molecular complexity index is 1140. The average Bonchev–Trinajstić information content (AvgIpc) is 3.30. The summed E-state index contributed by atoms with van der Waals surface area (Å²) in [6.45, 7) is 7.06. The van der Waals surface area contributed by atoms with Gasteiger partial charge in [0.2, 0.25) is 0 Å². The molecular weight excluding hydrogens is 398 g/mol. The molecule has 1 amide bonds. The van der Waals surface area contributed by atoms with E-state index in [4.69, 9.17) is 0 Å². The highest BCUT2D eigenvalue weighted by molar-refractivity contribution is 5.93. The quantitative estimate of drug-likeness (QED) is 0.415. The van der Waals surface area contributed by atoms with Gasteiger partial charge in [-0.25, -0.2) is 0 Å². The highest BCUT2D eigenvalue weighted by Gasteiger charge is 2.20. The molecule has 0 saturated heterocycles. The van der Waals surface area contributed by atoms with E-state index in [9.17, 15) is 4.79 Å². The molecule has 0 radical (unpaired) electrons. The largest absolute Gasteiger partial charge is 0.327 e. The Balaban J connectivity index is 1.66. The second kappa shape index (κ2) is 9.56. The predicted octanol–water partition coefficient (Wildman–Crippen LogP) is 5.07. The van der Waals surface area contributed by atoms with Gasteiger partial charge in [0.15, 0.2) is 0 Å². The molecule has 4 rings (SSSR count). The van der Waals surface area contributed by atoms with Crippen LogP contribution in [-0.4, -0.2) is 30.6 Å². The number of benzene rings is 1. The fourth-order valence-electron chi connectivity index (χ4n) is 3.56. The molecular formula is C26H27N5O. The van der Waals surface area contributed by atoms with Crippen molar-refractivity contribution in [2.24, 2.45) is 0 Å². The smallest absolute Gasteiger partial charge is 0.273 e. The molecule has 0 atom stereocenters. The second-order valence-electron chi connectivity index (χ2n) is 8.16. The van der Waals surface area contributed by atoms with Crippen molar-refractivity contribution in [3.05, 3.63) is 102 Å². The van der Waals surface area contributed by atoms with E-state index in [0.717, 1.165) is 27.9 Å². The number of aromatic nitrogens is 4. The van der Waals surface area contributed by atoms with Crippen molar-refractivity contribution in [1.82, 2.24) is 24.6 Å². The zero-order chi connectivity index (χ0) is 22.5. The van der Waals surface area contributed by atoms with E-state index in [2.05, 4.69) is 28.9 Å². The standard InChI is InChI=1S/C26H27N5O/c1-19(2)31-17-22(15-29-31)24-13-25(28-14-20(24)3)26(32)30(16-21-9-5-4-6-10-21)18-23-11-7-8-12-27-23/h4-15,17,19H,16,18H2,1-3H3. The van der Waals surface area contributed by atoms with Crippen molar-refractivity contribution in [3.63, 3.8) is 0 Å². The highest BCUT2D eigenvalue weighted by atomic mass is 16.2. The van der Waals surface area contributed by atoms with Gasteiger partial charge in [-0.1, -0.05) is 36.4 Å². The van der Waals surface area contributed by atoms with E-state index in [0.29, 0.717) is 18.8 Å². The molecule has 6 nitrogen and oxygen atoms in total. The van der Waals surface area contributed by atoms with Crippen molar-refractivity contribution >= 4 is 5.91 Å². The van der Waals surface area contributed by atoms with Crippen molar-refractivity contribution in [2.75, 3.05) is 0 Å². The minimum atomic E-state index is -0.128. The molecule has 3 aromatic heterocycles. The van der Waals surface area contributed by atoms with Gasteiger partial charge in [0.05, 0.1) is 18.4 Å². The van der Waals surface area contributed by atoms with Crippen LogP contribution in [0.3, 0.4) is 0 Å². The number of rotatable bonds is 7. The first kappa shape index (κ1) is 21.4. The molecule has 6 heteroatoms. The number of hydrogen-bond acceptors (Lipinski definition) is 4. The minimum Gasteiger partial charge on any atom is -0.327 e. The van der Waals surface area contributed by atoms with Crippen LogP contribution in [0.5, 0.6) is 0 Å². The van der Waals surface area contributed by atoms with Crippen LogP contribution in [0.15, 0.2) is 79.4 Å². The monoisotopic (exact) mass is 425 g/mol. The lowest BCUT2D eigenvalue weighted by atomic mass is 10.0. The Hall–Kier alpha value is -3.80. The lowest BCUT2D eigenvalue weighted by Gasteiger charge is -2.22. The average molecular weight is 426 g/mol. The van der Waals surface area contributed by atoms with E-state index in [1.165, 1.54) is 0 Å². The van der Waals surface area contributed by atoms with Gasteiger partial charge in [-0.3, -0.25) is 19.4 Å². The summed E-state index contributed by atoms with van der Waals surface area (Å²) in [5.41, 5.74) is 5.25. The van der Waals surface area contributed by atoms with Crippen LogP contribution >= 0.6 is 0 Å². The fraction of sp³-hybridized carbons (Fsp3) is 0.231. The van der Waals surface area contributed by atoms with Gasteiger partial charge in [-0.15, -0.1) is 0 Å². The molecule has 0 unspecified atom stereocenters. The van der Waals surface area contributed by atoms with Gasteiger partial charge in [-0.05, 0) is 55.7 Å². The number of nitrogens with zero attached hydrogens (tertiary/aromatic N) is 5. The van der Waals surface area contributed by atoms with Gasteiger partial charge < -0.3 is 4.90 Å². The first-order valence-electron chi connectivity index (χ1n) is 10.8. The van der Waals surface area contributed by atoms with Crippen LogP contribution in [-0.2, 0) is 13.1 Å². The third kappa shape index (κ3) is 4.91. The summed E-state index contributed by atoms with van der Waals surface area (Å²) >= 11 is 0. The van der Waals surface area contributed by atoms with Gasteiger partial charge in [0, 0.05) is 36.7 Å². The molecule has 0 bridgehead atoms. The van der Waals surface area contributed by atoms with Crippen LogP contribution in [0.1, 0.15) is 47.2 Å². The number of hydrogen-bond donors (Lipinski definition) is 0. The third-order valence-electron chi connectivity index (χ3n) is 5.35. The molecule has 162 valence electrons. The third-order valence-corrected chi connectivity index (χ3v) is 5.35. The molecule has 0 aliphatic heterocycles. The van der Waals surface area contributed by atoms with Crippen LogP contribution < -0.4 is 0 Å². The van der Waals surface area contributed by atoms with E-state index in [1.807, 2.05) is 78.6 Å². The Kier molecular flexibility index (Phi) is 6.40. The minimum absolute atomic E-state index is 0.128. The number of amides is 1. The SMILES string of the molecule is Cc1cnc(C(=O)N(Cc2ccccc2)Cc2ccccn2)cc1-c1cnn(C(C)C)c1. The number of carbonyl (C=O) groups excluding carboxylic acids is 1. The summed E-state index contributed by atoms with van der Waals surface area (Å²) in [5, 5.41) is 4.45. The Morgan fingerprint density at radius 1 is 1.00 bits per heavy atom. The van der Waals surface area contributed by atoms with Crippen molar-refractivity contribution < 1.29 is 4.79 Å². The molecule has 0 aliphatic rings. The zero-order valence-electron chi connectivity index (χ0n) is 18.6. The van der Waals surface area contributed by atoms with Gasteiger partial charge in [-0.2, -0.15) is 5.10 Å². The number of pyridine rings is 2. The Morgan fingerprint density at radius 2 is 1.78 bits per heavy atom. The summed E-state index contributed by atoms with van der Waals surface area (Å²) in [5.74, 6) is -0.128. The van der Waals surface area contributed by atoms with Crippen molar-refractivity contribution in [1.29, 1.82) is 0 Å². The first-order chi connectivity index (χ1) is 15.5. The molecule has 1 aromatic carbocycles. The summed E-state index contributed by atoms with van der Waals surface area (Å²) in [4.78, 5) is 24.2. The van der Waals surface area contributed by atoms with E-state index in [-0.39, 0.29) is 11.9 Å². The lowest BCUT2D eigenvalue weighted by molar-refractivity contribution is 0.0722. The van der Waals surface area contributed by atoms with E-state index >= 15 is 0 Å². The molecule has 32 heavy (non-hydrogen) atoms. The summed E-state index contributed by atoms with van der Waals surface area (Å²) in [6, 6.07) is 17.8.